The third-order valence-corrected chi connectivity index (χ3v) is 4.00. The fourth-order valence-corrected chi connectivity index (χ4v) is 2.86. The number of hydrogen-bond donors (Lipinski definition) is 2. The molecule has 0 aliphatic heterocycles. The maximum atomic E-state index is 12.4. The Morgan fingerprint density at radius 2 is 2.14 bits per heavy atom. The Labute approximate surface area is 124 Å². The highest BCUT2D eigenvalue weighted by atomic mass is 16.6. The van der Waals surface area contributed by atoms with Crippen molar-refractivity contribution in [2.24, 2.45) is 5.92 Å². The summed E-state index contributed by atoms with van der Waals surface area (Å²) < 4.78 is 0. The molecule has 0 bridgehead atoms. The molecule has 1 fully saturated rings. The fourth-order valence-electron chi connectivity index (χ4n) is 2.86. The van der Waals surface area contributed by atoms with Gasteiger partial charge in [-0.15, -0.1) is 0 Å². The predicted octanol–water partition coefficient (Wildman–Crippen LogP) is 2.95. The Kier molecular flexibility index (Phi) is 4.77. The van der Waals surface area contributed by atoms with Crippen LogP contribution in [-0.4, -0.2) is 23.9 Å². The van der Waals surface area contributed by atoms with Gasteiger partial charge in [-0.05, 0) is 30.9 Å². The van der Waals surface area contributed by atoms with E-state index in [4.69, 9.17) is 0 Å². The molecule has 2 N–H and O–H groups in total. The van der Waals surface area contributed by atoms with E-state index in [0.29, 0.717) is 11.6 Å². The molecule has 0 heterocycles. The van der Waals surface area contributed by atoms with Gasteiger partial charge in [-0.3, -0.25) is 14.9 Å². The van der Waals surface area contributed by atoms with E-state index >= 15 is 0 Å². The molecule has 1 aromatic carbocycles. The second-order valence-electron chi connectivity index (χ2n) is 5.68. The van der Waals surface area contributed by atoms with Crippen LogP contribution in [0.15, 0.2) is 18.2 Å². The van der Waals surface area contributed by atoms with E-state index < -0.39 is 4.92 Å². The average Bonchev–Trinajstić information content (AvgIpc) is 2.46. The normalized spacial score (nSPS) is 21.6. The topological polar surface area (TPSA) is 84.3 Å². The van der Waals surface area contributed by atoms with Gasteiger partial charge >= 0.3 is 0 Å². The van der Waals surface area contributed by atoms with Crippen LogP contribution in [0.1, 0.15) is 43.0 Å². The van der Waals surface area contributed by atoms with E-state index in [0.717, 1.165) is 19.3 Å². The smallest absolute Gasteiger partial charge is 0.282 e. The van der Waals surface area contributed by atoms with E-state index in [-0.39, 0.29) is 23.2 Å². The highest BCUT2D eigenvalue weighted by Crippen LogP contribution is 2.26. The maximum absolute atomic E-state index is 12.4. The lowest BCUT2D eigenvalue weighted by atomic mass is 9.87. The molecule has 2 atom stereocenters. The molecule has 1 aliphatic rings. The number of nitro groups is 1. The molecule has 6 nitrogen and oxygen atoms in total. The Bertz CT molecular complexity index is 545. The Balaban J connectivity index is 2.19. The van der Waals surface area contributed by atoms with Gasteiger partial charge in [-0.2, -0.15) is 0 Å². The van der Waals surface area contributed by atoms with Crippen molar-refractivity contribution in [1.82, 2.24) is 5.32 Å². The van der Waals surface area contributed by atoms with E-state index in [2.05, 4.69) is 17.6 Å². The summed E-state index contributed by atoms with van der Waals surface area (Å²) in [5.74, 6) is 0.223. The number of amides is 1. The first-order chi connectivity index (χ1) is 10.0. The van der Waals surface area contributed by atoms with Crippen LogP contribution in [0, 0.1) is 16.0 Å². The minimum atomic E-state index is -0.516. The van der Waals surface area contributed by atoms with Crippen molar-refractivity contribution in [1.29, 1.82) is 0 Å². The Morgan fingerprint density at radius 1 is 1.38 bits per heavy atom. The van der Waals surface area contributed by atoms with Crippen LogP contribution < -0.4 is 10.6 Å². The fraction of sp³-hybridized carbons (Fsp3) is 0.533. The van der Waals surface area contributed by atoms with Gasteiger partial charge in [0.1, 0.15) is 5.56 Å². The zero-order valence-corrected chi connectivity index (χ0v) is 12.4. The number of benzene rings is 1. The average molecular weight is 291 g/mol. The van der Waals surface area contributed by atoms with Crippen LogP contribution in [0.3, 0.4) is 0 Å². The van der Waals surface area contributed by atoms with Crippen LogP contribution in [0.25, 0.3) is 0 Å². The lowest BCUT2D eigenvalue weighted by Crippen LogP contribution is -2.38. The summed E-state index contributed by atoms with van der Waals surface area (Å²) in [7, 11) is 1.71. The largest absolute Gasteiger partial charge is 0.388 e. The number of hydrogen-bond acceptors (Lipinski definition) is 4. The van der Waals surface area contributed by atoms with Gasteiger partial charge in [0, 0.05) is 24.8 Å². The van der Waals surface area contributed by atoms with Gasteiger partial charge in [0.2, 0.25) is 0 Å². The highest BCUT2D eigenvalue weighted by Gasteiger charge is 2.25. The first-order valence-electron chi connectivity index (χ1n) is 7.28. The quantitative estimate of drug-likeness (QED) is 0.660. The molecule has 2 unspecified atom stereocenters. The third-order valence-electron chi connectivity index (χ3n) is 4.00. The predicted molar refractivity (Wildman–Crippen MR) is 81.5 cm³/mol. The molecule has 0 spiro atoms. The lowest BCUT2D eigenvalue weighted by Gasteiger charge is -2.27. The molecule has 0 radical (unpaired) electrons. The SMILES string of the molecule is CNc1ccc([N+](=O)[O-])c(C(=O)NC2CCCC(C)C2)c1. The molecule has 0 aromatic heterocycles. The highest BCUT2D eigenvalue weighted by molar-refractivity contribution is 5.99. The van der Waals surface area contributed by atoms with Gasteiger partial charge in [-0.25, -0.2) is 0 Å². The number of nitro benzene ring substituents is 1. The van der Waals surface area contributed by atoms with Crippen LogP contribution in [-0.2, 0) is 0 Å². The minimum Gasteiger partial charge on any atom is -0.388 e. The van der Waals surface area contributed by atoms with Crippen molar-refractivity contribution >= 4 is 17.3 Å². The van der Waals surface area contributed by atoms with Crippen LogP contribution in [0.5, 0.6) is 0 Å². The second-order valence-corrected chi connectivity index (χ2v) is 5.68. The summed E-state index contributed by atoms with van der Waals surface area (Å²) >= 11 is 0. The van der Waals surface area contributed by atoms with Gasteiger partial charge in [-0.1, -0.05) is 19.8 Å². The first-order valence-corrected chi connectivity index (χ1v) is 7.28. The summed E-state index contributed by atoms with van der Waals surface area (Å²) in [6, 6.07) is 4.60. The number of nitrogens with zero attached hydrogens (tertiary/aromatic N) is 1. The molecule has 1 amide bonds. The molecule has 2 rings (SSSR count). The molecule has 0 saturated heterocycles. The number of carbonyl (C=O) groups is 1. The van der Waals surface area contributed by atoms with Crippen molar-refractivity contribution < 1.29 is 9.72 Å². The molecule has 21 heavy (non-hydrogen) atoms. The summed E-state index contributed by atoms with van der Waals surface area (Å²) in [5, 5.41) is 16.9. The van der Waals surface area contributed by atoms with Crippen molar-refractivity contribution in [2.45, 2.75) is 38.6 Å². The van der Waals surface area contributed by atoms with Crippen molar-refractivity contribution in [3.05, 3.63) is 33.9 Å². The number of rotatable bonds is 4. The summed E-state index contributed by atoms with van der Waals surface area (Å²) in [6.45, 7) is 2.17. The van der Waals surface area contributed by atoms with Crippen LogP contribution >= 0.6 is 0 Å². The molecule has 1 saturated carbocycles. The standard InChI is InChI=1S/C15H21N3O3/c1-10-4-3-5-12(8-10)17-15(19)13-9-11(16-2)6-7-14(13)18(20)21/h6-7,9-10,12,16H,3-5,8H2,1-2H3,(H,17,19). The first kappa shape index (κ1) is 15.3. The monoisotopic (exact) mass is 291 g/mol. The lowest BCUT2D eigenvalue weighted by molar-refractivity contribution is -0.385. The van der Waals surface area contributed by atoms with Crippen molar-refractivity contribution in [3.63, 3.8) is 0 Å². The number of anilines is 1. The second kappa shape index (κ2) is 6.56. The molecular formula is C15H21N3O3. The molecule has 1 aromatic rings. The number of carbonyl (C=O) groups excluding carboxylic acids is 1. The minimum absolute atomic E-state index is 0.110. The van der Waals surface area contributed by atoms with Crippen molar-refractivity contribution in [3.8, 4) is 0 Å². The summed E-state index contributed by atoms with van der Waals surface area (Å²) in [6.07, 6.45) is 4.15. The zero-order chi connectivity index (χ0) is 15.4. The van der Waals surface area contributed by atoms with E-state index in [9.17, 15) is 14.9 Å². The molecule has 1 aliphatic carbocycles. The molecule has 114 valence electrons. The van der Waals surface area contributed by atoms with Gasteiger partial charge in [0.05, 0.1) is 4.92 Å². The van der Waals surface area contributed by atoms with Gasteiger partial charge in [0.15, 0.2) is 0 Å². The number of nitrogens with one attached hydrogen (secondary N) is 2. The van der Waals surface area contributed by atoms with Gasteiger partial charge in [0.25, 0.3) is 11.6 Å². The zero-order valence-electron chi connectivity index (χ0n) is 12.4. The molecule has 6 heteroatoms. The Hall–Kier alpha value is -2.11. The summed E-state index contributed by atoms with van der Waals surface area (Å²) in [4.78, 5) is 22.9. The molecular weight excluding hydrogens is 270 g/mol. The Morgan fingerprint density at radius 3 is 2.76 bits per heavy atom. The van der Waals surface area contributed by atoms with E-state index in [1.165, 1.54) is 18.6 Å². The van der Waals surface area contributed by atoms with Crippen LogP contribution in [0.2, 0.25) is 0 Å². The third kappa shape index (κ3) is 3.71. The summed E-state index contributed by atoms with van der Waals surface area (Å²) in [5.41, 5.74) is 0.642. The van der Waals surface area contributed by atoms with E-state index in [1.54, 1.807) is 13.1 Å². The van der Waals surface area contributed by atoms with E-state index in [1.807, 2.05) is 0 Å². The van der Waals surface area contributed by atoms with Crippen LogP contribution in [0.4, 0.5) is 11.4 Å². The van der Waals surface area contributed by atoms with Gasteiger partial charge < -0.3 is 10.6 Å². The van der Waals surface area contributed by atoms with Crippen molar-refractivity contribution in [2.75, 3.05) is 12.4 Å². The maximum Gasteiger partial charge on any atom is 0.282 e.